The van der Waals surface area contributed by atoms with Crippen LogP contribution in [0.4, 0.5) is 10.1 Å². The lowest BCUT2D eigenvalue weighted by molar-refractivity contribution is -0.133. The number of ether oxygens (including phenoxy) is 1. The molecular formula is C28H24Cl2FN3O4. The zero-order valence-corrected chi connectivity index (χ0v) is 21.9. The molecule has 3 aliphatic heterocycles. The van der Waals surface area contributed by atoms with E-state index < -0.39 is 41.1 Å². The topological polar surface area (TPSA) is 87.7 Å². The molecule has 38 heavy (non-hydrogen) atoms. The number of nitrogens with one attached hydrogen (secondary N) is 2. The maximum Gasteiger partial charge on any atom is 0.337 e. The number of likely N-dealkylation sites (tertiary alicyclic amines) is 1. The van der Waals surface area contributed by atoms with Gasteiger partial charge in [0.05, 0.1) is 24.5 Å². The van der Waals surface area contributed by atoms with E-state index in [1.165, 1.54) is 25.3 Å². The number of amides is 2. The second-order valence-corrected chi connectivity index (χ2v) is 10.4. The van der Waals surface area contributed by atoms with Crippen molar-refractivity contribution in [1.82, 2.24) is 10.2 Å². The van der Waals surface area contributed by atoms with E-state index in [0.717, 1.165) is 5.56 Å². The van der Waals surface area contributed by atoms with Crippen molar-refractivity contribution in [3.05, 3.63) is 99.8 Å². The molecule has 2 saturated heterocycles. The molecular weight excluding hydrogens is 532 g/mol. The van der Waals surface area contributed by atoms with Gasteiger partial charge in [-0.15, -0.1) is 0 Å². The average Bonchev–Trinajstić information content (AvgIpc) is 3.47. The number of allylic oxidation sites excluding steroid dienone is 4. The van der Waals surface area contributed by atoms with E-state index in [-0.39, 0.29) is 24.0 Å². The van der Waals surface area contributed by atoms with Crippen LogP contribution in [0, 0.1) is 11.8 Å². The quantitative estimate of drug-likeness (QED) is 0.399. The Morgan fingerprint density at radius 2 is 2.00 bits per heavy atom. The Morgan fingerprint density at radius 3 is 2.68 bits per heavy atom. The lowest BCUT2D eigenvalue weighted by Gasteiger charge is -2.32. The summed E-state index contributed by atoms with van der Waals surface area (Å²) < 4.78 is 20.7. The maximum atomic E-state index is 16.0. The van der Waals surface area contributed by atoms with Crippen molar-refractivity contribution >= 4 is 46.7 Å². The number of benzene rings is 2. The van der Waals surface area contributed by atoms with Crippen molar-refractivity contribution in [1.29, 1.82) is 0 Å². The van der Waals surface area contributed by atoms with E-state index in [1.807, 2.05) is 0 Å². The fraction of sp³-hybridized carbons (Fsp3) is 0.250. The highest BCUT2D eigenvalue weighted by molar-refractivity contribution is 6.31. The normalized spacial score (nSPS) is 26.2. The molecule has 3 heterocycles. The summed E-state index contributed by atoms with van der Waals surface area (Å²) in [5.41, 5.74) is 0.739. The minimum atomic E-state index is -1.48. The van der Waals surface area contributed by atoms with Crippen LogP contribution >= 0.6 is 23.2 Å². The number of rotatable bonds is 6. The van der Waals surface area contributed by atoms with Crippen LogP contribution in [0.15, 0.2) is 78.1 Å². The van der Waals surface area contributed by atoms with Gasteiger partial charge in [0.1, 0.15) is 11.4 Å². The van der Waals surface area contributed by atoms with E-state index in [2.05, 4.69) is 17.2 Å². The number of carbonyl (C=O) groups excluding carboxylic acids is 3. The van der Waals surface area contributed by atoms with Crippen molar-refractivity contribution in [3.63, 3.8) is 0 Å². The second kappa shape index (κ2) is 10.0. The fourth-order valence-corrected chi connectivity index (χ4v) is 5.94. The van der Waals surface area contributed by atoms with Gasteiger partial charge in [0, 0.05) is 40.4 Å². The van der Waals surface area contributed by atoms with Crippen molar-refractivity contribution in [2.24, 2.45) is 11.8 Å². The summed E-state index contributed by atoms with van der Waals surface area (Å²) in [6.07, 6.45) is 4.05. The zero-order valence-electron chi connectivity index (χ0n) is 20.3. The van der Waals surface area contributed by atoms with Gasteiger partial charge in [0.25, 0.3) is 0 Å². The molecule has 7 nitrogen and oxygen atoms in total. The van der Waals surface area contributed by atoms with Gasteiger partial charge in [-0.2, -0.15) is 0 Å². The Balaban J connectivity index is 1.49. The standard InChI is InChI=1S/C28H24Cl2FN3O4/c1-15(29)4-3-5-20(31)24-23-22(33-28(24)19-11-10-18(30)12-21(19)32-27(28)37)14-34(25(23)35)13-16-6-8-17(9-7-16)26(36)38-2/h3-12,22-24,33H,1,13-14H2,2H3,(H,32,37)/b4-3-,20-5-/t22-,23+,24-,28-/m1/s1. The number of hydrogen-bond acceptors (Lipinski definition) is 5. The first-order valence-corrected chi connectivity index (χ1v) is 12.6. The lowest BCUT2D eigenvalue weighted by atomic mass is 9.74. The summed E-state index contributed by atoms with van der Waals surface area (Å²) in [5, 5.41) is 6.78. The Bertz CT molecular complexity index is 1410. The molecule has 3 aliphatic rings. The summed E-state index contributed by atoms with van der Waals surface area (Å²) in [6.45, 7) is 4.10. The lowest BCUT2D eigenvalue weighted by Crippen LogP contribution is -2.52. The maximum absolute atomic E-state index is 16.0. The molecule has 2 fully saturated rings. The Kier molecular flexibility index (Phi) is 6.90. The van der Waals surface area contributed by atoms with Crippen molar-refractivity contribution in [3.8, 4) is 0 Å². The molecule has 2 amide bonds. The number of carbonyl (C=O) groups is 3. The van der Waals surface area contributed by atoms with Gasteiger partial charge < -0.3 is 15.0 Å². The van der Waals surface area contributed by atoms with Crippen molar-refractivity contribution in [2.75, 3.05) is 19.0 Å². The largest absolute Gasteiger partial charge is 0.465 e. The SMILES string of the molecule is C=C(Cl)/C=C\C=C(/F)[C@@H]1[C@H]2C(=O)N(Cc3ccc(C(=O)OC)cc3)C[C@H]2N[C@@]12C(=O)Nc1cc(Cl)ccc12. The molecule has 0 aliphatic carbocycles. The first-order chi connectivity index (χ1) is 18.1. The van der Waals surface area contributed by atoms with Gasteiger partial charge in [-0.1, -0.05) is 54.1 Å². The first kappa shape index (κ1) is 26.2. The van der Waals surface area contributed by atoms with E-state index in [1.54, 1.807) is 47.4 Å². The van der Waals surface area contributed by atoms with Crippen LogP contribution in [0.2, 0.25) is 5.02 Å². The van der Waals surface area contributed by atoms with Crippen LogP contribution in [0.1, 0.15) is 21.5 Å². The van der Waals surface area contributed by atoms with Gasteiger partial charge in [0.15, 0.2) is 0 Å². The van der Waals surface area contributed by atoms with Gasteiger partial charge >= 0.3 is 5.97 Å². The molecule has 2 aromatic carbocycles. The van der Waals surface area contributed by atoms with Crippen LogP contribution in [0.3, 0.4) is 0 Å². The Hall–Kier alpha value is -3.46. The summed E-state index contributed by atoms with van der Waals surface area (Å²) in [7, 11) is 1.31. The van der Waals surface area contributed by atoms with E-state index in [4.69, 9.17) is 27.9 Å². The second-order valence-electron chi connectivity index (χ2n) is 9.47. The third-order valence-corrected chi connectivity index (χ3v) is 7.64. The first-order valence-electron chi connectivity index (χ1n) is 11.9. The summed E-state index contributed by atoms with van der Waals surface area (Å²) in [4.78, 5) is 40.6. The predicted molar refractivity (Wildman–Crippen MR) is 142 cm³/mol. The summed E-state index contributed by atoms with van der Waals surface area (Å²) >= 11 is 11.9. The third-order valence-electron chi connectivity index (χ3n) is 7.28. The Morgan fingerprint density at radius 1 is 1.26 bits per heavy atom. The minimum absolute atomic E-state index is 0.214. The molecule has 2 N–H and O–H groups in total. The number of esters is 1. The molecule has 0 bridgehead atoms. The molecule has 0 unspecified atom stereocenters. The number of fused-ring (bicyclic) bond motifs is 3. The molecule has 196 valence electrons. The number of halogens is 3. The average molecular weight is 556 g/mol. The van der Waals surface area contributed by atoms with E-state index >= 15 is 4.39 Å². The number of methoxy groups -OCH3 is 1. The predicted octanol–water partition coefficient (Wildman–Crippen LogP) is 4.68. The van der Waals surface area contributed by atoms with Gasteiger partial charge in [-0.05, 0) is 42.0 Å². The highest BCUT2D eigenvalue weighted by atomic mass is 35.5. The van der Waals surface area contributed by atoms with Gasteiger partial charge in [-0.3, -0.25) is 14.9 Å². The van der Waals surface area contributed by atoms with Crippen LogP contribution in [0.5, 0.6) is 0 Å². The van der Waals surface area contributed by atoms with Crippen molar-refractivity contribution in [2.45, 2.75) is 18.1 Å². The minimum Gasteiger partial charge on any atom is -0.465 e. The van der Waals surface area contributed by atoms with Gasteiger partial charge in [-0.25, -0.2) is 9.18 Å². The van der Waals surface area contributed by atoms with Crippen molar-refractivity contribution < 1.29 is 23.5 Å². The molecule has 5 rings (SSSR count). The van der Waals surface area contributed by atoms with Crippen LogP contribution in [-0.4, -0.2) is 42.4 Å². The smallest absolute Gasteiger partial charge is 0.337 e. The zero-order chi connectivity index (χ0) is 27.2. The van der Waals surface area contributed by atoms with E-state index in [9.17, 15) is 14.4 Å². The molecule has 4 atom stereocenters. The van der Waals surface area contributed by atoms with Crippen LogP contribution in [-0.2, 0) is 26.4 Å². The molecule has 0 radical (unpaired) electrons. The van der Waals surface area contributed by atoms with E-state index in [0.29, 0.717) is 21.8 Å². The van der Waals surface area contributed by atoms with Gasteiger partial charge in [0.2, 0.25) is 11.8 Å². The monoisotopic (exact) mass is 555 g/mol. The molecule has 1 spiro atoms. The number of nitrogens with zero attached hydrogens (tertiary/aromatic N) is 1. The molecule has 0 saturated carbocycles. The molecule has 2 aromatic rings. The molecule has 10 heteroatoms. The highest BCUT2D eigenvalue weighted by Crippen LogP contribution is 2.54. The van der Waals surface area contributed by atoms with Crippen LogP contribution < -0.4 is 10.6 Å². The molecule has 0 aromatic heterocycles. The van der Waals surface area contributed by atoms with Crippen LogP contribution in [0.25, 0.3) is 0 Å². The summed E-state index contributed by atoms with van der Waals surface area (Å²) in [5.74, 6) is -3.74. The third kappa shape index (κ3) is 4.32. The number of hydrogen-bond donors (Lipinski definition) is 2. The number of anilines is 1. The Labute approximate surface area is 228 Å². The fourth-order valence-electron chi connectivity index (χ4n) is 5.70. The highest BCUT2D eigenvalue weighted by Gasteiger charge is 2.67. The summed E-state index contributed by atoms with van der Waals surface area (Å²) in [6, 6.07) is 11.2.